The molecule has 3 aromatic rings. The molecule has 0 aliphatic rings. The third-order valence-corrected chi connectivity index (χ3v) is 4.34. The Bertz CT molecular complexity index is 861. The van der Waals surface area contributed by atoms with Crippen LogP contribution in [0.1, 0.15) is 15.4 Å². The molecule has 118 valence electrons. The average molecular weight is 351 g/mol. The van der Waals surface area contributed by atoms with E-state index in [0.29, 0.717) is 26.3 Å². The molecule has 23 heavy (non-hydrogen) atoms. The summed E-state index contributed by atoms with van der Waals surface area (Å²) in [6.07, 6.45) is 3.13. The fourth-order valence-electron chi connectivity index (χ4n) is 2.01. The topological polar surface area (TPSA) is 72.9 Å². The number of carbonyl (C=O) groups excluding carboxylic acids is 1. The van der Waals surface area contributed by atoms with Crippen LogP contribution in [0.4, 0.5) is 10.1 Å². The van der Waals surface area contributed by atoms with Gasteiger partial charge in [-0.05, 0) is 30.3 Å². The molecule has 0 fully saturated rings. The summed E-state index contributed by atoms with van der Waals surface area (Å²) in [6, 6.07) is 7.75. The smallest absolute Gasteiger partial charge is 0.261 e. The molecule has 0 saturated heterocycles. The first-order chi connectivity index (χ1) is 11.0. The summed E-state index contributed by atoms with van der Waals surface area (Å²) < 4.78 is 16.0. The van der Waals surface area contributed by atoms with Gasteiger partial charge in [-0.3, -0.25) is 4.79 Å². The van der Waals surface area contributed by atoms with Gasteiger partial charge >= 0.3 is 0 Å². The van der Waals surface area contributed by atoms with Crippen LogP contribution >= 0.6 is 22.9 Å². The maximum Gasteiger partial charge on any atom is 0.261 e. The Morgan fingerprint density at radius 2 is 2.22 bits per heavy atom. The van der Waals surface area contributed by atoms with Crippen molar-refractivity contribution in [2.45, 2.75) is 6.54 Å². The SMILES string of the molecule is Nc1ccc(-n2cnc(CNC(=O)c3ccc(Cl)s3)c2)c(F)c1. The van der Waals surface area contributed by atoms with E-state index in [-0.39, 0.29) is 12.5 Å². The third kappa shape index (κ3) is 3.52. The summed E-state index contributed by atoms with van der Waals surface area (Å²) in [6.45, 7) is 0.234. The monoisotopic (exact) mass is 350 g/mol. The van der Waals surface area contributed by atoms with Gasteiger partial charge in [-0.15, -0.1) is 11.3 Å². The maximum atomic E-state index is 13.9. The van der Waals surface area contributed by atoms with Crippen molar-refractivity contribution in [3.05, 3.63) is 63.6 Å². The molecule has 5 nitrogen and oxygen atoms in total. The lowest BCUT2D eigenvalue weighted by Gasteiger charge is -2.04. The van der Waals surface area contributed by atoms with Crippen molar-refractivity contribution in [1.29, 1.82) is 0 Å². The van der Waals surface area contributed by atoms with Crippen molar-refractivity contribution in [2.24, 2.45) is 0 Å². The largest absolute Gasteiger partial charge is 0.399 e. The van der Waals surface area contributed by atoms with Crippen LogP contribution in [0.5, 0.6) is 0 Å². The van der Waals surface area contributed by atoms with Crippen LogP contribution in [-0.4, -0.2) is 15.5 Å². The molecular weight excluding hydrogens is 339 g/mol. The fraction of sp³-hybridized carbons (Fsp3) is 0.0667. The molecule has 0 unspecified atom stereocenters. The summed E-state index contributed by atoms with van der Waals surface area (Å²) in [5.41, 5.74) is 6.83. The molecule has 1 aromatic carbocycles. The minimum absolute atomic E-state index is 0.227. The van der Waals surface area contributed by atoms with E-state index < -0.39 is 5.82 Å². The van der Waals surface area contributed by atoms with Gasteiger partial charge in [0.25, 0.3) is 5.91 Å². The normalized spacial score (nSPS) is 10.7. The van der Waals surface area contributed by atoms with Crippen molar-refractivity contribution in [2.75, 3.05) is 5.73 Å². The van der Waals surface area contributed by atoms with Gasteiger partial charge in [-0.1, -0.05) is 11.6 Å². The molecule has 0 aliphatic heterocycles. The first-order valence-electron chi connectivity index (χ1n) is 6.65. The molecular formula is C15H12ClFN4OS. The molecule has 3 N–H and O–H groups in total. The lowest BCUT2D eigenvalue weighted by molar-refractivity contribution is 0.0954. The van der Waals surface area contributed by atoms with Gasteiger partial charge in [0.1, 0.15) is 5.82 Å². The van der Waals surface area contributed by atoms with Crippen molar-refractivity contribution in [3.63, 3.8) is 0 Å². The van der Waals surface area contributed by atoms with Gasteiger partial charge in [0.2, 0.25) is 0 Å². The molecule has 0 radical (unpaired) electrons. The van der Waals surface area contributed by atoms with Crippen LogP contribution in [0.2, 0.25) is 4.34 Å². The number of carbonyl (C=O) groups is 1. The summed E-state index contributed by atoms with van der Waals surface area (Å²) in [7, 11) is 0. The number of nitrogens with zero attached hydrogens (tertiary/aromatic N) is 2. The lowest BCUT2D eigenvalue weighted by atomic mass is 10.2. The Kier molecular flexibility index (Phi) is 4.31. The van der Waals surface area contributed by atoms with Gasteiger partial charge in [0.05, 0.1) is 33.5 Å². The van der Waals surface area contributed by atoms with Gasteiger partial charge in [0.15, 0.2) is 0 Å². The second-order valence-corrected chi connectivity index (χ2v) is 6.48. The summed E-state index contributed by atoms with van der Waals surface area (Å²) >= 11 is 7.00. The first-order valence-corrected chi connectivity index (χ1v) is 7.84. The van der Waals surface area contributed by atoms with E-state index in [1.54, 1.807) is 30.5 Å². The highest BCUT2D eigenvalue weighted by atomic mass is 35.5. The Labute approximate surface area is 140 Å². The van der Waals surface area contributed by atoms with Crippen LogP contribution in [0.3, 0.4) is 0 Å². The van der Waals surface area contributed by atoms with Crippen molar-refractivity contribution in [1.82, 2.24) is 14.9 Å². The number of hydrogen-bond donors (Lipinski definition) is 2. The zero-order valence-corrected chi connectivity index (χ0v) is 13.4. The van der Waals surface area contributed by atoms with E-state index in [1.165, 1.54) is 28.3 Å². The number of hydrogen-bond acceptors (Lipinski definition) is 4. The minimum atomic E-state index is -0.439. The first kappa shape index (κ1) is 15.5. The van der Waals surface area contributed by atoms with Gasteiger partial charge in [0, 0.05) is 11.9 Å². The number of thiophene rings is 1. The third-order valence-electron chi connectivity index (χ3n) is 3.11. The average Bonchev–Trinajstić information content (AvgIpc) is 3.14. The number of nitrogens with two attached hydrogens (primary N) is 1. The zero-order chi connectivity index (χ0) is 16.4. The summed E-state index contributed by atoms with van der Waals surface area (Å²) in [5, 5.41) is 2.74. The Morgan fingerprint density at radius 1 is 1.39 bits per heavy atom. The lowest BCUT2D eigenvalue weighted by Crippen LogP contribution is -2.21. The maximum absolute atomic E-state index is 13.9. The molecule has 0 bridgehead atoms. The molecule has 0 spiro atoms. The number of benzene rings is 1. The fourth-order valence-corrected chi connectivity index (χ4v) is 2.97. The van der Waals surface area contributed by atoms with Crippen LogP contribution in [-0.2, 0) is 6.54 Å². The van der Waals surface area contributed by atoms with Crippen LogP contribution in [0.15, 0.2) is 42.9 Å². The van der Waals surface area contributed by atoms with Crippen molar-refractivity contribution in [3.8, 4) is 5.69 Å². The highest BCUT2D eigenvalue weighted by molar-refractivity contribution is 7.17. The Balaban J connectivity index is 1.69. The van der Waals surface area contributed by atoms with Gasteiger partial charge < -0.3 is 15.6 Å². The quantitative estimate of drug-likeness (QED) is 0.709. The Hall–Kier alpha value is -2.38. The Morgan fingerprint density at radius 3 is 2.91 bits per heavy atom. The summed E-state index contributed by atoms with van der Waals surface area (Å²) in [5.74, 6) is -0.665. The molecule has 2 aromatic heterocycles. The number of nitrogen functional groups attached to an aromatic ring is 1. The summed E-state index contributed by atoms with van der Waals surface area (Å²) in [4.78, 5) is 16.6. The number of imidazole rings is 1. The van der Waals surface area contributed by atoms with Crippen LogP contribution < -0.4 is 11.1 Å². The van der Waals surface area contributed by atoms with Gasteiger partial charge in [-0.2, -0.15) is 0 Å². The second-order valence-electron chi connectivity index (χ2n) is 4.77. The highest BCUT2D eigenvalue weighted by Crippen LogP contribution is 2.21. The number of aromatic nitrogens is 2. The molecule has 3 rings (SSSR count). The molecule has 2 heterocycles. The molecule has 0 atom stereocenters. The van der Waals surface area contributed by atoms with Gasteiger partial charge in [-0.25, -0.2) is 9.37 Å². The highest BCUT2D eigenvalue weighted by Gasteiger charge is 2.10. The van der Waals surface area contributed by atoms with E-state index in [1.807, 2.05) is 0 Å². The van der Waals surface area contributed by atoms with Crippen molar-refractivity contribution >= 4 is 34.5 Å². The number of anilines is 1. The number of rotatable bonds is 4. The van der Waals surface area contributed by atoms with E-state index in [9.17, 15) is 9.18 Å². The van der Waals surface area contributed by atoms with E-state index in [0.717, 1.165) is 0 Å². The zero-order valence-electron chi connectivity index (χ0n) is 11.8. The van der Waals surface area contributed by atoms with Crippen molar-refractivity contribution < 1.29 is 9.18 Å². The van der Waals surface area contributed by atoms with E-state index in [4.69, 9.17) is 17.3 Å². The van der Waals surface area contributed by atoms with E-state index in [2.05, 4.69) is 10.3 Å². The standard InChI is InChI=1S/C15H12ClFN4OS/c16-14-4-3-13(23-14)15(22)19-6-10-7-21(8-20-10)12-2-1-9(18)5-11(12)17/h1-5,7-8H,6,18H2,(H,19,22). The molecule has 1 amide bonds. The van der Waals surface area contributed by atoms with Crippen LogP contribution in [0, 0.1) is 5.82 Å². The van der Waals surface area contributed by atoms with Crippen LogP contribution in [0.25, 0.3) is 5.69 Å². The number of nitrogens with one attached hydrogen (secondary N) is 1. The molecule has 0 saturated carbocycles. The number of halogens is 2. The number of amides is 1. The molecule has 0 aliphatic carbocycles. The predicted octanol–water partition coefficient (Wildman–Crippen LogP) is 3.24. The second kappa shape index (κ2) is 6.39. The predicted molar refractivity (Wildman–Crippen MR) is 88.4 cm³/mol. The molecule has 8 heteroatoms. The van der Waals surface area contributed by atoms with E-state index >= 15 is 0 Å². The minimum Gasteiger partial charge on any atom is -0.399 e.